The number of allylic oxidation sites excluding steroid dienone is 1. The van der Waals surface area contributed by atoms with E-state index in [-0.39, 0.29) is 45.4 Å². The summed E-state index contributed by atoms with van der Waals surface area (Å²) in [6, 6.07) is 0. The van der Waals surface area contributed by atoms with Gasteiger partial charge >= 0.3 is 5.97 Å². The first-order valence-electron chi connectivity index (χ1n) is 14.0. The number of ether oxygens (including phenoxy) is 1. The van der Waals surface area contributed by atoms with Crippen LogP contribution in [0.1, 0.15) is 106 Å². The van der Waals surface area contributed by atoms with Crippen molar-refractivity contribution in [1.82, 2.24) is 0 Å². The van der Waals surface area contributed by atoms with E-state index in [0.717, 1.165) is 19.3 Å². The van der Waals surface area contributed by atoms with E-state index < -0.39 is 22.8 Å². The standard InChI is InChI=1S/C30H46O6/c1-18(23(33)34)9-8-10-19(2)26(6)17-29(35)30(36-29)27(26,7)15-13-22(32)28(30)16-11-20-24(3,4)21(31)12-14-25(20,28)5/h9,19-21,31,35H,8,10-17H2,1-7H3,(H,33,34). The zero-order valence-electron chi connectivity index (χ0n) is 23.2. The van der Waals surface area contributed by atoms with E-state index in [2.05, 4.69) is 41.5 Å². The lowest BCUT2D eigenvalue weighted by molar-refractivity contribution is -0.197. The van der Waals surface area contributed by atoms with E-state index in [1.54, 1.807) is 13.0 Å². The number of carboxylic acids is 1. The Morgan fingerprint density at radius 2 is 1.81 bits per heavy atom. The molecule has 0 aromatic heterocycles. The number of carboxylic acid groups (broad SMARTS) is 1. The molecule has 4 saturated carbocycles. The Morgan fingerprint density at radius 1 is 1.14 bits per heavy atom. The van der Waals surface area contributed by atoms with Gasteiger partial charge in [-0.1, -0.05) is 47.6 Å². The summed E-state index contributed by atoms with van der Waals surface area (Å²) in [5, 5.41) is 32.3. The second-order valence-electron chi connectivity index (χ2n) is 14.4. The quantitative estimate of drug-likeness (QED) is 0.350. The Bertz CT molecular complexity index is 1030. The number of rotatable bonds is 5. The van der Waals surface area contributed by atoms with Gasteiger partial charge in [0.1, 0.15) is 11.4 Å². The highest BCUT2D eigenvalue weighted by Gasteiger charge is 2.97. The van der Waals surface area contributed by atoms with Crippen molar-refractivity contribution < 1.29 is 29.6 Å². The number of carbonyl (C=O) groups excluding carboxylic acids is 1. The zero-order valence-corrected chi connectivity index (χ0v) is 23.2. The summed E-state index contributed by atoms with van der Waals surface area (Å²) < 4.78 is 6.55. The molecule has 36 heavy (non-hydrogen) atoms. The largest absolute Gasteiger partial charge is 0.478 e. The van der Waals surface area contributed by atoms with Crippen molar-refractivity contribution in [3.05, 3.63) is 11.6 Å². The Morgan fingerprint density at radius 3 is 2.44 bits per heavy atom. The van der Waals surface area contributed by atoms with Crippen molar-refractivity contribution in [2.24, 2.45) is 38.9 Å². The van der Waals surface area contributed by atoms with Gasteiger partial charge in [-0.25, -0.2) is 4.79 Å². The molecule has 0 radical (unpaired) electrons. The summed E-state index contributed by atoms with van der Waals surface area (Å²) in [6.07, 6.45) is 7.64. The van der Waals surface area contributed by atoms with Crippen molar-refractivity contribution in [2.75, 3.05) is 0 Å². The number of epoxide rings is 1. The van der Waals surface area contributed by atoms with Crippen molar-refractivity contribution in [3.8, 4) is 0 Å². The fraction of sp³-hybridized carbons (Fsp3) is 0.867. The average Bonchev–Trinajstić information content (AvgIpc) is 3.20. The van der Waals surface area contributed by atoms with Gasteiger partial charge in [0, 0.05) is 23.8 Å². The van der Waals surface area contributed by atoms with Crippen LogP contribution in [0.3, 0.4) is 0 Å². The number of hydrogen-bond acceptors (Lipinski definition) is 5. The minimum Gasteiger partial charge on any atom is -0.478 e. The number of aliphatic hydroxyl groups excluding tert-OH is 1. The lowest BCUT2D eigenvalue weighted by atomic mass is 9.39. The van der Waals surface area contributed by atoms with Crippen molar-refractivity contribution in [2.45, 2.75) is 124 Å². The molecule has 6 nitrogen and oxygen atoms in total. The fourth-order valence-electron chi connectivity index (χ4n) is 10.7. The molecular weight excluding hydrogens is 456 g/mol. The smallest absolute Gasteiger partial charge is 0.330 e. The van der Waals surface area contributed by atoms with Gasteiger partial charge in [-0.05, 0) is 80.0 Å². The molecule has 1 aliphatic heterocycles. The molecule has 9 atom stereocenters. The molecule has 5 rings (SSSR count). The van der Waals surface area contributed by atoms with Crippen LogP contribution in [0.25, 0.3) is 0 Å². The molecular formula is C30H46O6. The molecule has 202 valence electrons. The van der Waals surface area contributed by atoms with Gasteiger partial charge < -0.3 is 20.1 Å². The van der Waals surface area contributed by atoms with E-state index in [4.69, 9.17) is 4.74 Å². The van der Waals surface area contributed by atoms with Gasteiger partial charge in [-0.3, -0.25) is 4.79 Å². The molecule has 0 amide bonds. The van der Waals surface area contributed by atoms with Crippen molar-refractivity contribution >= 4 is 11.8 Å². The van der Waals surface area contributed by atoms with E-state index in [1.807, 2.05) is 0 Å². The summed E-state index contributed by atoms with van der Waals surface area (Å²) in [4.78, 5) is 25.4. The zero-order chi connectivity index (χ0) is 26.7. The minimum absolute atomic E-state index is 0.191. The number of aliphatic carboxylic acids is 1. The highest BCUT2D eigenvalue weighted by atomic mass is 16.8. The third-order valence-electron chi connectivity index (χ3n) is 13.1. The second-order valence-corrected chi connectivity index (χ2v) is 14.4. The summed E-state index contributed by atoms with van der Waals surface area (Å²) in [5.74, 6) is -1.54. The van der Waals surface area contributed by atoms with E-state index in [1.165, 1.54) is 0 Å². The molecule has 9 unspecified atom stereocenters. The van der Waals surface area contributed by atoms with Crippen LogP contribution in [0, 0.1) is 38.9 Å². The maximum absolute atomic E-state index is 14.2. The van der Waals surface area contributed by atoms with Crippen LogP contribution < -0.4 is 0 Å². The van der Waals surface area contributed by atoms with Crippen molar-refractivity contribution in [1.29, 1.82) is 0 Å². The predicted octanol–water partition coefficient (Wildman–Crippen LogP) is 5.25. The summed E-state index contributed by atoms with van der Waals surface area (Å²) >= 11 is 0. The Balaban J connectivity index is 1.56. The summed E-state index contributed by atoms with van der Waals surface area (Å²) in [5.41, 5.74) is -2.56. The number of carbonyl (C=O) groups is 2. The molecule has 0 aromatic rings. The Hall–Kier alpha value is -1.24. The van der Waals surface area contributed by atoms with Gasteiger partial charge in [0.05, 0.1) is 11.5 Å². The molecule has 1 heterocycles. The second kappa shape index (κ2) is 7.45. The maximum atomic E-state index is 14.2. The SMILES string of the molecule is CC(=CCCC(C)C1(C)CC2(O)OC23C1(C)CCC(=O)C31CCC2C(C)(C)C(O)CCC21C)C(=O)O. The van der Waals surface area contributed by atoms with E-state index in [9.17, 15) is 24.9 Å². The number of hydrogen-bond donors (Lipinski definition) is 3. The Kier molecular flexibility index (Phi) is 5.45. The molecule has 0 aromatic carbocycles. The third kappa shape index (κ3) is 2.65. The normalized spacial score (nSPS) is 52.0. The molecule has 5 aliphatic rings. The van der Waals surface area contributed by atoms with Crippen LogP contribution in [-0.2, 0) is 14.3 Å². The topological polar surface area (TPSA) is 107 Å². The predicted molar refractivity (Wildman–Crippen MR) is 136 cm³/mol. The molecule has 5 fully saturated rings. The van der Waals surface area contributed by atoms with Crippen LogP contribution >= 0.6 is 0 Å². The maximum Gasteiger partial charge on any atom is 0.330 e. The van der Waals surface area contributed by atoms with Gasteiger partial charge in [0.15, 0.2) is 5.79 Å². The van der Waals surface area contributed by atoms with Crippen LogP contribution in [-0.4, -0.2) is 44.6 Å². The van der Waals surface area contributed by atoms with E-state index in [0.29, 0.717) is 44.1 Å². The van der Waals surface area contributed by atoms with Gasteiger partial charge in [0.25, 0.3) is 0 Å². The van der Waals surface area contributed by atoms with Gasteiger partial charge in [0.2, 0.25) is 0 Å². The first-order chi connectivity index (χ1) is 16.5. The lowest BCUT2D eigenvalue weighted by Gasteiger charge is -2.63. The van der Waals surface area contributed by atoms with Gasteiger partial charge in [-0.15, -0.1) is 0 Å². The fourth-order valence-corrected chi connectivity index (χ4v) is 10.7. The number of aliphatic hydroxyl groups is 2. The van der Waals surface area contributed by atoms with Crippen LogP contribution in [0.5, 0.6) is 0 Å². The van der Waals surface area contributed by atoms with Crippen molar-refractivity contribution in [3.63, 3.8) is 0 Å². The number of Topliss-reactive ketones (excluding diaryl/α,β-unsaturated/α-hetero) is 1. The summed E-state index contributed by atoms with van der Waals surface area (Å²) in [7, 11) is 0. The highest BCUT2D eigenvalue weighted by molar-refractivity contribution is 5.90. The first-order valence-corrected chi connectivity index (χ1v) is 14.0. The molecule has 4 aliphatic carbocycles. The molecule has 0 bridgehead atoms. The van der Waals surface area contributed by atoms with Crippen LogP contribution in [0.2, 0.25) is 0 Å². The lowest BCUT2D eigenvalue weighted by Crippen LogP contribution is -2.68. The Labute approximate surface area is 215 Å². The van der Waals surface area contributed by atoms with Crippen LogP contribution in [0.4, 0.5) is 0 Å². The number of ketones is 1. The summed E-state index contributed by atoms with van der Waals surface area (Å²) in [6.45, 7) is 14.9. The van der Waals surface area contributed by atoms with E-state index >= 15 is 0 Å². The average molecular weight is 503 g/mol. The first kappa shape index (κ1) is 26.4. The third-order valence-corrected chi connectivity index (χ3v) is 13.1. The molecule has 6 heteroatoms. The molecule has 2 spiro atoms. The van der Waals surface area contributed by atoms with Crippen LogP contribution in [0.15, 0.2) is 11.6 Å². The van der Waals surface area contributed by atoms with Gasteiger partial charge in [-0.2, -0.15) is 0 Å². The molecule has 3 N–H and O–H groups in total. The highest BCUT2D eigenvalue weighted by Crippen LogP contribution is 2.88. The number of fused-ring (bicyclic) bond motifs is 2. The monoisotopic (exact) mass is 502 g/mol. The minimum atomic E-state index is -1.31. The molecule has 1 saturated heterocycles.